The van der Waals surface area contributed by atoms with Crippen molar-refractivity contribution in [2.75, 3.05) is 32.8 Å². The van der Waals surface area contributed by atoms with Crippen LogP contribution in [-0.2, 0) is 4.74 Å². The van der Waals surface area contributed by atoms with Crippen molar-refractivity contribution in [1.29, 1.82) is 0 Å². The fourth-order valence-corrected chi connectivity index (χ4v) is 2.37. The number of rotatable bonds is 3. The molecule has 5 nitrogen and oxygen atoms in total. The number of thiazole rings is 1. The van der Waals surface area contributed by atoms with Gasteiger partial charge in [0.1, 0.15) is 0 Å². The van der Waals surface area contributed by atoms with Crippen LogP contribution in [0.4, 0.5) is 0 Å². The summed E-state index contributed by atoms with van der Waals surface area (Å²) in [5.74, 6) is 0.950. The van der Waals surface area contributed by atoms with Gasteiger partial charge in [0.05, 0.1) is 24.8 Å². The molecule has 1 atom stereocenters. The molecule has 1 aromatic heterocycles. The van der Waals surface area contributed by atoms with Gasteiger partial charge in [-0.2, -0.15) is 0 Å². The molecule has 1 aromatic rings. The first-order valence-electron chi connectivity index (χ1n) is 5.79. The van der Waals surface area contributed by atoms with Crippen LogP contribution < -0.4 is 5.73 Å². The summed E-state index contributed by atoms with van der Waals surface area (Å²) in [5.41, 5.74) is 5.95. The Balaban J connectivity index is 1.86. The van der Waals surface area contributed by atoms with E-state index in [2.05, 4.69) is 21.8 Å². The van der Waals surface area contributed by atoms with E-state index < -0.39 is 0 Å². The van der Waals surface area contributed by atoms with Crippen molar-refractivity contribution >= 4 is 17.3 Å². The van der Waals surface area contributed by atoms with Crippen LogP contribution in [0.1, 0.15) is 17.8 Å². The largest absolute Gasteiger partial charge is 0.378 e. The number of ether oxygens (including phenoxy) is 1. The van der Waals surface area contributed by atoms with Gasteiger partial charge in [-0.25, -0.2) is 4.98 Å². The number of hydrogen-bond acceptors (Lipinski definition) is 4. The van der Waals surface area contributed by atoms with E-state index in [0.29, 0.717) is 18.4 Å². The zero-order valence-corrected chi connectivity index (χ0v) is 10.8. The standard InChI is InChI=1S/C11H18N4OS/c1-9(10-13-2-7-17-10)8-14-11(12)15-3-5-16-6-4-15/h2,7,9H,3-6,8H2,1H3,(H2,12,14). The highest BCUT2D eigenvalue weighted by molar-refractivity contribution is 7.09. The first kappa shape index (κ1) is 12.3. The molecule has 2 heterocycles. The van der Waals surface area contributed by atoms with Gasteiger partial charge < -0.3 is 15.4 Å². The Morgan fingerprint density at radius 3 is 3.06 bits per heavy atom. The topological polar surface area (TPSA) is 63.7 Å². The fraction of sp³-hybridized carbons (Fsp3) is 0.636. The summed E-state index contributed by atoms with van der Waals surface area (Å²) in [6.45, 7) is 5.95. The van der Waals surface area contributed by atoms with E-state index in [9.17, 15) is 0 Å². The Bertz CT molecular complexity index is 360. The van der Waals surface area contributed by atoms with Crippen molar-refractivity contribution in [2.45, 2.75) is 12.8 Å². The smallest absolute Gasteiger partial charge is 0.191 e. The minimum atomic E-state index is 0.328. The van der Waals surface area contributed by atoms with Crippen LogP contribution in [0.2, 0.25) is 0 Å². The number of hydrogen-bond donors (Lipinski definition) is 1. The van der Waals surface area contributed by atoms with E-state index in [1.165, 1.54) is 0 Å². The molecule has 0 amide bonds. The Kier molecular flexibility index (Phi) is 4.33. The summed E-state index contributed by atoms with van der Waals surface area (Å²) in [6, 6.07) is 0. The number of morpholine rings is 1. The summed E-state index contributed by atoms with van der Waals surface area (Å²) in [7, 11) is 0. The first-order chi connectivity index (χ1) is 8.27. The summed E-state index contributed by atoms with van der Waals surface area (Å²) >= 11 is 1.66. The molecule has 0 saturated carbocycles. The van der Waals surface area contributed by atoms with Crippen molar-refractivity contribution in [2.24, 2.45) is 10.7 Å². The SMILES string of the molecule is CC(CN=C(N)N1CCOCC1)c1nccs1. The van der Waals surface area contributed by atoms with Crippen LogP contribution in [0.15, 0.2) is 16.6 Å². The van der Waals surface area contributed by atoms with Crippen LogP contribution in [0, 0.1) is 0 Å². The molecule has 17 heavy (non-hydrogen) atoms. The molecule has 2 N–H and O–H groups in total. The zero-order valence-electron chi connectivity index (χ0n) is 10.0. The lowest BCUT2D eigenvalue weighted by atomic mass is 10.2. The first-order valence-corrected chi connectivity index (χ1v) is 6.67. The van der Waals surface area contributed by atoms with Gasteiger partial charge in [0.25, 0.3) is 0 Å². The Morgan fingerprint density at radius 1 is 1.65 bits per heavy atom. The van der Waals surface area contributed by atoms with Crippen molar-refractivity contribution in [3.63, 3.8) is 0 Å². The average Bonchev–Trinajstić information content (AvgIpc) is 2.90. The van der Waals surface area contributed by atoms with Crippen molar-refractivity contribution < 1.29 is 4.74 Å². The van der Waals surface area contributed by atoms with E-state index in [0.717, 1.165) is 31.3 Å². The van der Waals surface area contributed by atoms with E-state index in [1.807, 2.05) is 11.6 Å². The molecule has 0 bridgehead atoms. The van der Waals surface area contributed by atoms with E-state index in [4.69, 9.17) is 10.5 Å². The maximum Gasteiger partial charge on any atom is 0.191 e. The third-order valence-corrected chi connectivity index (χ3v) is 3.74. The summed E-state index contributed by atoms with van der Waals surface area (Å²) in [5, 5.41) is 3.10. The van der Waals surface area contributed by atoms with Gasteiger partial charge in [0, 0.05) is 30.6 Å². The molecule has 6 heteroatoms. The van der Waals surface area contributed by atoms with E-state index >= 15 is 0 Å². The molecular formula is C11H18N4OS. The minimum Gasteiger partial charge on any atom is -0.378 e. The van der Waals surface area contributed by atoms with Crippen LogP contribution >= 0.6 is 11.3 Å². The Hall–Kier alpha value is -1.14. The lowest BCUT2D eigenvalue weighted by Crippen LogP contribution is -2.45. The third kappa shape index (κ3) is 3.41. The number of guanidine groups is 1. The molecule has 0 aromatic carbocycles. The second-order valence-corrected chi connectivity index (χ2v) is 5.00. The monoisotopic (exact) mass is 254 g/mol. The van der Waals surface area contributed by atoms with E-state index in [-0.39, 0.29) is 0 Å². The van der Waals surface area contributed by atoms with E-state index in [1.54, 1.807) is 11.3 Å². The quantitative estimate of drug-likeness (QED) is 0.643. The minimum absolute atomic E-state index is 0.328. The molecule has 1 saturated heterocycles. The van der Waals surface area contributed by atoms with Crippen LogP contribution in [-0.4, -0.2) is 48.7 Å². The average molecular weight is 254 g/mol. The summed E-state index contributed by atoms with van der Waals surface area (Å²) in [4.78, 5) is 10.8. The highest BCUT2D eigenvalue weighted by atomic mass is 32.1. The molecule has 1 unspecified atom stereocenters. The number of aromatic nitrogens is 1. The number of aliphatic imine (C=N–C) groups is 1. The molecule has 1 fully saturated rings. The Labute approximate surface area is 105 Å². The number of nitrogens with zero attached hydrogens (tertiary/aromatic N) is 3. The third-order valence-electron chi connectivity index (χ3n) is 2.74. The van der Waals surface area contributed by atoms with Gasteiger partial charge in [-0.1, -0.05) is 6.92 Å². The van der Waals surface area contributed by atoms with Crippen LogP contribution in [0.5, 0.6) is 0 Å². The zero-order chi connectivity index (χ0) is 12.1. The highest BCUT2D eigenvalue weighted by Gasteiger charge is 2.13. The molecule has 1 aliphatic rings. The van der Waals surface area contributed by atoms with Gasteiger partial charge in [-0.3, -0.25) is 4.99 Å². The lowest BCUT2D eigenvalue weighted by molar-refractivity contribution is 0.0674. The maximum atomic E-state index is 5.95. The van der Waals surface area contributed by atoms with Crippen LogP contribution in [0.3, 0.4) is 0 Å². The molecular weight excluding hydrogens is 236 g/mol. The van der Waals surface area contributed by atoms with Gasteiger partial charge in [0.15, 0.2) is 5.96 Å². The van der Waals surface area contributed by atoms with Crippen molar-refractivity contribution in [1.82, 2.24) is 9.88 Å². The molecule has 0 spiro atoms. The fourth-order valence-electron chi connectivity index (χ4n) is 1.68. The lowest BCUT2D eigenvalue weighted by Gasteiger charge is -2.27. The van der Waals surface area contributed by atoms with Crippen LogP contribution in [0.25, 0.3) is 0 Å². The second-order valence-electron chi connectivity index (χ2n) is 4.07. The predicted molar refractivity (Wildman–Crippen MR) is 69.4 cm³/mol. The molecule has 0 aliphatic carbocycles. The van der Waals surface area contributed by atoms with Gasteiger partial charge in [-0.15, -0.1) is 11.3 Å². The Morgan fingerprint density at radius 2 is 2.41 bits per heavy atom. The van der Waals surface area contributed by atoms with Gasteiger partial charge in [-0.05, 0) is 0 Å². The maximum absolute atomic E-state index is 5.95. The molecule has 94 valence electrons. The van der Waals surface area contributed by atoms with Gasteiger partial charge in [0.2, 0.25) is 0 Å². The number of nitrogens with two attached hydrogens (primary N) is 1. The van der Waals surface area contributed by atoms with Crippen molar-refractivity contribution in [3.8, 4) is 0 Å². The summed E-state index contributed by atoms with van der Waals surface area (Å²) in [6.07, 6.45) is 1.82. The van der Waals surface area contributed by atoms with Gasteiger partial charge >= 0.3 is 0 Å². The molecule has 2 rings (SSSR count). The predicted octanol–water partition coefficient (Wildman–Crippen LogP) is 0.894. The molecule has 1 aliphatic heterocycles. The highest BCUT2D eigenvalue weighted by Crippen LogP contribution is 2.17. The molecule has 0 radical (unpaired) electrons. The summed E-state index contributed by atoms with van der Waals surface area (Å²) < 4.78 is 5.27. The second kappa shape index (κ2) is 5.97. The van der Waals surface area contributed by atoms with Crippen molar-refractivity contribution in [3.05, 3.63) is 16.6 Å². The normalized spacial score (nSPS) is 19.4.